The lowest BCUT2D eigenvalue weighted by molar-refractivity contribution is -0.146. The van der Waals surface area contributed by atoms with E-state index in [9.17, 15) is 9.90 Å². The number of carboxylic acid groups (broad SMARTS) is 1. The van der Waals surface area contributed by atoms with Gasteiger partial charge in [-0.1, -0.05) is 45.4 Å². The van der Waals surface area contributed by atoms with Crippen LogP contribution in [0.3, 0.4) is 0 Å². The Morgan fingerprint density at radius 2 is 1.88 bits per heavy atom. The van der Waals surface area contributed by atoms with Gasteiger partial charge in [-0.2, -0.15) is 0 Å². The summed E-state index contributed by atoms with van der Waals surface area (Å²) in [6.45, 7) is 4.29. The van der Waals surface area contributed by atoms with E-state index < -0.39 is 11.5 Å². The molecule has 0 aromatic carbocycles. The average Bonchev–Trinajstić information content (AvgIpc) is 2.53. The SMILES string of the molecule is CCCCC(C)NC1(C(=O)O)CCCCCC1. The lowest BCUT2D eigenvalue weighted by atomic mass is 9.89. The third-order valence-electron chi connectivity index (χ3n) is 3.88. The summed E-state index contributed by atoms with van der Waals surface area (Å²) >= 11 is 0. The van der Waals surface area contributed by atoms with E-state index in [0.717, 1.165) is 32.1 Å². The molecule has 0 spiro atoms. The van der Waals surface area contributed by atoms with Crippen molar-refractivity contribution < 1.29 is 9.90 Å². The number of carbonyl (C=O) groups is 1. The summed E-state index contributed by atoms with van der Waals surface area (Å²) in [5.41, 5.74) is -0.649. The second-order valence-corrected chi connectivity index (χ2v) is 5.49. The van der Waals surface area contributed by atoms with Gasteiger partial charge in [0, 0.05) is 6.04 Å². The highest BCUT2D eigenvalue weighted by atomic mass is 16.4. The van der Waals surface area contributed by atoms with E-state index in [1.807, 2.05) is 0 Å². The van der Waals surface area contributed by atoms with Crippen LogP contribution in [-0.4, -0.2) is 22.7 Å². The number of nitrogens with one attached hydrogen (secondary N) is 1. The summed E-state index contributed by atoms with van der Waals surface area (Å²) in [4.78, 5) is 11.6. The van der Waals surface area contributed by atoms with E-state index in [4.69, 9.17) is 0 Å². The van der Waals surface area contributed by atoms with Crippen molar-refractivity contribution in [2.75, 3.05) is 0 Å². The molecule has 1 aliphatic rings. The van der Waals surface area contributed by atoms with Gasteiger partial charge >= 0.3 is 5.97 Å². The summed E-state index contributed by atoms with van der Waals surface area (Å²) < 4.78 is 0. The Bertz CT molecular complexity index is 232. The van der Waals surface area contributed by atoms with Crippen molar-refractivity contribution >= 4 is 5.97 Å². The summed E-state index contributed by atoms with van der Waals surface area (Å²) in [6.07, 6.45) is 9.44. The molecule has 1 saturated carbocycles. The zero-order valence-electron chi connectivity index (χ0n) is 11.3. The second kappa shape index (κ2) is 7.00. The lowest BCUT2D eigenvalue weighted by Gasteiger charge is -2.32. The van der Waals surface area contributed by atoms with Crippen molar-refractivity contribution in [3.8, 4) is 0 Å². The van der Waals surface area contributed by atoms with Crippen molar-refractivity contribution in [2.24, 2.45) is 0 Å². The minimum absolute atomic E-state index is 0.309. The van der Waals surface area contributed by atoms with Crippen LogP contribution in [-0.2, 0) is 4.79 Å². The normalized spacial score (nSPS) is 21.8. The molecule has 0 aromatic rings. The van der Waals surface area contributed by atoms with Gasteiger partial charge in [0.1, 0.15) is 5.54 Å². The molecule has 17 heavy (non-hydrogen) atoms. The van der Waals surface area contributed by atoms with E-state index in [2.05, 4.69) is 19.2 Å². The van der Waals surface area contributed by atoms with Crippen LogP contribution in [0.15, 0.2) is 0 Å². The van der Waals surface area contributed by atoms with Crippen LogP contribution in [0.4, 0.5) is 0 Å². The molecule has 0 amide bonds. The first-order chi connectivity index (χ1) is 8.10. The third-order valence-corrected chi connectivity index (χ3v) is 3.88. The molecule has 0 bridgehead atoms. The molecular formula is C14H27NO2. The van der Waals surface area contributed by atoms with Crippen molar-refractivity contribution in [3.63, 3.8) is 0 Å². The van der Waals surface area contributed by atoms with Gasteiger partial charge < -0.3 is 5.11 Å². The highest BCUT2D eigenvalue weighted by Crippen LogP contribution is 2.28. The summed E-state index contributed by atoms with van der Waals surface area (Å²) in [5.74, 6) is -0.650. The Labute approximate surface area is 105 Å². The Kier molecular flexibility index (Phi) is 5.96. The first kappa shape index (κ1) is 14.5. The topological polar surface area (TPSA) is 49.3 Å². The molecule has 0 aromatic heterocycles. The average molecular weight is 241 g/mol. The number of carboxylic acids is 1. The fraction of sp³-hybridized carbons (Fsp3) is 0.929. The molecule has 0 saturated heterocycles. The van der Waals surface area contributed by atoms with Gasteiger partial charge in [-0.3, -0.25) is 10.1 Å². The number of hydrogen-bond donors (Lipinski definition) is 2. The van der Waals surface area contributed by atoms with Crippen LogP contribution in [0.25, 0.3) is 0 Å². The van der Waals surface area contributed by atoms with E-state index in [1.54, 1.807) is 0 Å². The molecule has 2 N–H and O–H groups in total. The molecule has 3 nitrogen and oxygen atoms in total. The van der Waals surface area contributed by atoms with Crippen LogP contribution in [0, 0.1) is 0 Å². The quantitative estimate of drug-likeness (QED) is 0.701. The number of rotatable bonds is 6. The molecule has 0 aliphatic heterocycles. The Balaban J connectivity index is 2.60. The highest BCUT2D eigenvalue weighted by Gasteiger charge is 2.39. The van der Waals surface area contributed by atoms with Crippen LogP contribution < -0.4 is 5.32 Å². The first-order valence-electron chi connectivity index (χ1n) is 7.12. The Morgan fingerprint density at radius 3 is 2.35 bits per heavy atom. The molecule has 0 radical (unpaired) electrons. The fourth-order valence-electron chi connectivity index (χ4n) is 2.81. The molecule has 1 atom stereocenters. The molecule has 0 heterocycles. The standard InChI is InChI=1S/C14H27NO2/c1-3-4-9-12(2)15-14(13(16)17)10-7-5-6-8-11-14/h12,15H,3-11H2,1-2H3,(H,16,17). The molecular weight excluding hydrogens is 214 g/mol. The van der Waals surface area contributed by atoms with Crippen molar-refractivity contribution in [1.29, 1.82) is 0 Å². The molecule has 1 aliphatic carbocycles. The highest BCUT2D eigenvalue weighted by molar-refractivity contribution is 5.78. The van der Waals surface area contributed by atoms with E-state index in [0.29, 0.717) is 6.04 Å². The monoisotopic (exact) mass is 241 g/mol. The summed E-state index contributed by atoms with van der Waals surface area (Å²) in [7, 11) is 0. The zero-order valence-corrected chi connectivity index (χ0v) is 11.3. The number of unbranched alkanes of at least 4 members (excludes halogenated alkanes) is 1. The minimum Gasteiger partial charge on any atom is -0.480 e. The van der Waals surface area contributed by atoms with Crippen LogP contribution in [0.5, 0.6) is 0 Å². The van der Waals surface area contributed by atoms with Gasteiger partial charge in [0.2, 0.25) is 0 Å². The number of aliphatic carboxylic acids is 1. The lowest BCUT2D eigenvalue weighted by Crippen LogP contribution is -2.55. The van der Waals surface area contributed by atoms with Crippen molar-refractivity contribution in [2.45, 2.75) is 83.2 Å². The first-order valence-corrected chi connectivity index (χ1v) is 7.12. The summed E-state index contributed by atoms with van der Waals surface area (Å²) in [6, 6.07) is 0.309. The maximum atomic E-state index is 11.6. The van der Waals surface area contributed by atoms with Gasteiger partial charge in [0.05, 0.1) is 0 Å². The molecule has 100 valence electrons. The second-order valence-electron chi connectivity index (χ2n) is 5.49. The minimum atomic E-state index is -0.650. The van der Waals surface area contributed by atoms with Crippen molar-refractivity contribution in [3.05, 3.63) is 0 Å². The molecule has 1 rings (SSSR count). The zero-order chi connectivity index (χ0) is 12.7. The van der Waals surface area contributed by atoms with Gasteiger partial charge in [0.25, 0.3) is 0 Å². The van der Waals surface area contributed by atoms with Gasteiger partial charge in [0.15, 0.2) is 0 Å². The maximum absolute atomic E-state index is 11.6. The third kappa shape index (κ3) is 4.30. The Hall–Kier alpha value is -0.570. The largest absolute Gasteiger partial charge is 0.480 e. The number of hydrogen-bond acceptors (Lipinski definition) is 2. The van der Waals surface area contributed by atoms with Crippen LogP contribution in [0.1, 0.15) is 71.6 Å². The van der Waals surface area contributed by atoms with Crippen molar-refractivity contribution in [1.82, 2.24) is 5.32 Å². The van der Waals surface area contributed by atoms with Gasteiger partial charge in [-0.05, 0) is 26.2 Å². The maximum Gasteiger partial charge on any atom is 0.323 e. The predicted octanol–water partition coefficient (Wildman–Crippen LogP) is 3.33. The predicted molar refractivity (Wildman–Crippen MR) is 70.2 cm³/mol. The molecule has 1 fully saturated rings. The van der Waals surface area contributed by atoms with Crippen LogP contribution >= 0.6 is 0 Å². The Morgan fingerprint density at radius 1 is 1.29 bits per heavy atom. The molecule has 1 unspecified atom stereocenters. The summed E-state index contributed by atoms with van der Waals surface area (Å²) in [5, 5.41) is 12.9. The fourth-order valence-corrected chi connectivity index (χ4v) is 2.81. The van der Waals surface area contributed by atoms with Gasteiger partial charge in [-0.25, -0.2) is 0 Å². The van der Waals surface area contributed by atoms with E-state index in [-0.39, 0.29) is 0 Å². The van der Waals surface area contributed by atoms with Crippen LogP contribution in [0.2, 0.25) is 0 Å². The molecule has 3 heteroatoms. The van der Waals surface area contributed by atoms with E-state index >= 15 is 0 Å². The van der Waals surface area contributed by atoms with Gasteiger partial charge in [-0.15, -0.1) is 0 Å². The van der Waals surface area contributed by atoms with E-state index in [1.165, 1.54) is 25.7 Å². The smallest absolute Gasteiger partial charge is 0.323 e.